The van der Waals surface area contributed by atoms with Crippen LogP contribution in [0.5, 0.6) is 5.75 Å². The van der Waals surface area contributed by atoms with E-state index < -0.39 is 0 Å². The molecule has 0 spiro atoms. The van der Waals surface area contributed by atoms with Gasteiger partial charge < -0.3 is 15.4 Å². The molecule has 0 saturated heterocycles. The van der Waals surface area contributed by atoms with Gasteiger partial charge in [-0.1, -0.05) is 29.8 Å². The Hall–Kier alpha value is -3.74. The molecule has 142 valence electrons. The lowest BCUT2D eigenvalue weighted by Gasteiger charge is -2.08. The Balaban J connectivity index is 1.53. The van der Waals surface area contributed by atoms with Crippen molar-refractivity contribution >= 4 is 29.0 Å². The summed E-state index contributed by atoms with van der Waals surface area (Å²) in [6, 6.07) is 17.9. The third-order valence-electron chi connectivity index (χ3n) is 3.86. The number of aryl methyl sites for hydroxylation is 1. The molecule has 0 saturated carbocycles. The van der Waals surface area contributed by atoms with E-state index in [0.717, 1.165) is 11.3 Å². The summed E-state index contributed by atoms with van der Waals surface area (Å²) in [5.74, 6) is 1.10. The zero-order valence-corrected chi connectivity index (χ0v) is 15.6. The first kappa shape index (κ1) is 19.0. The van der Waals surface area contributed by atoms with Gasteiger partial charge in [-0.3, -0.25) is 9.59 Å². The molecule has 0 aliphatic heterocycles. The molecule has 1 heterocycles. The van der Waals surface area contributed by atoms with Crippen LogP contribution in [0.15, 0.2) is 60.7 Å². The third-order valence-corrected chi connectivity index (χ3v) is 3.86. The lowest BCUT2D eigenvalue weighted by molar-refractivity contribution is -0.118. The minimum absolute atomic E-state index is 0.0133. The summed E-state index contributed by atoms with van der Waals surface area (Å²) in [6.07, 6.45) is 0. The van der Waals surface area contributed by atoms with E-state index in [1.807, 2.05) is 37.3 Å². The van der Waals surface area contributed by atoms with Crippen molar-refractivity contribution in [3.05, 3.63) is 71.8 Å². The molecule has 0 radical (unpaired) electrons. The van der Waals surface area contributed by atoms with E-state index in [1.54, 1.807) is 30.3 Å². The molecule has 1 aromatic heterocycles. The molecule has 0 fully saturated rings. The highest BCUT2D eigenvalue weighted by Crippen LogP contribution is 2.17. The van der Waals surface area contributed by atoms with Gasteiger partial charge in [-0.15, -0.1) is 10.2 Å². The van der Waals surface area contributed by atoms with Gasteiger partial charge in [0.15, 0.2) is 24.0 Å². The van der Waals surface area contributed by atoms with E-state index in [-0.39, 0.29) is 18.3 Å². The molecule has 2 N–H and O–H groups in total. The fraction of sp³-hybridized carbons (Fsp3) is 0.143. The topological polar surface area (TPSA) is 93.2 Å². The maximum atomic E-state index is 12.0. The average molecular weight is 376 g/mol. The monoisotopic (exact) mass is 376 g/mol. The highest BCUT2D eigenvalue weighted by atomic mass is 16.5. The Kier molecular flexibility index (Phi) is 5.96. The number of hydrogen-bond acceptors (Lipinski definition) is 6. The van der Waals surface area contributed by atoms with E-state index >= 15 is 0 Å². The second-order valence-corrected chi connectivity index (χ2v) is 6.22. The van der Waals surface area contributed by atoms with Crippen LogP contribution in [0, 0.1) is 6.92 Å². The second-order valence-electron chi connectivity index (χ2n) is 6.22. The largest absolute Gasteiger partial charge is 0.484 e. The Morgan fingerprint density at radius 3 is 2.36 bits per heavy atom. The maximum absolute atomic E-state index is 12.0. The first-order valence-corrected chi connectivity index (χ1v) is 8.71. The van der Waals surface area contributed by atoms with Crippen molar-refractivity contribution in [2.75, 3.05) is 17.2 Å². The number of ketones is 1. The number of Topliss-reactive ketones (excluding diaryl/α,β-unsaturated/α-hetero) is 1. The van der Waals surface area contributed by atoms with Gasteiger partial charge in [0.1, 0.15) is 5.75 Å². The number of nitrogens with zero attached hydrogens (tertiary/aromatic N) is 2. The lowest BCUT2D eigenvalue weighted by Crippen LogP contribution is -2.21. The summed E-state index contributed by atoms with van der Waals surface area (Å²) in [6.45, 7) is 3.37. The van der Waals surface area contributed by atoms with Gasteiger partial charge >= 0.3 is 0 Å². The average Bonchev–Trinajstić information content (AvgIpc) is 2.69. The van der Waals surface area contributed by atoms with Gasteiger partial charge in [-0.2, -0.15) is 0 Å². The molecule has 0 atom stereocenters. The highest BCUT2D eigenvalue weighted by molar-refractivity contribution is 5.95. The number of nitrogens with one attached hydrogen (secondary N) is 2. The minimum Gasteiger partial charge on any atom is -0.484 e. The van der Waals surface area contributed by atoms with Crippen molar-refractivity contribution in [2.24, 2.45) is 0 Å². The Morgan fingerprint density at radius 2 is 1.68 bits per heavy atom. The zero-order valence-electron chi connectivity index (χ0n) is 15.6. The van der Waals surface area contributed by atoms with Crippen molar-refractivity contribution in [1.29, 1.82) is 0 Å². The molecule has 7 heteroatoms. The van der Waals surface area contributed by atoms with Crippen molar-refractivity contribution in [3.63, 3.8) is 0 Å². The van der Waals surface area contributed by atoms with Crippen molar-refractivity contribution in [2.45, 2.75) is 13.8 Å². The molecule has 3 aromatic rings. The number of benzene rings is 2. The molecule has 7 nitrogen and oxygen atoms in total. The number of carbonyl (C=O) groups excluding carboxylic acids is 2. The van der Waals surface area contributed by atoms with Crippen LogP contribution in [0.25, 0.3) is 0 Å². The van der Waals surface area contributed by atoms with Crippen LogP contribution in [-0.4, -0.2) is 28.5 Å². The summed E-state index contributed by atoms with van der Waals surface area (Å²) in [4.78, 5) is 23.4. The van der Waals surface area contributed by atoms with Crippen LogP contribution in [-0.2, 0) is 4.79 Å². The fourth-order valence-corrected chi connectivity index (χ4v) is 2.39. The van der Waals surface area contributed by atoms with E-state index in [2.05, 4.69) is 20.8 Å². The molecular weight excluding hydrogens is 356 g/mol. The molecule has 0 aliphatic rings. The maximum Gasteiger partial charge on any atom is 0.263 e. The van der Waals surface area contributed by atoms with E-state index in [1.165, 1.54) is 6.92 Å². The smallest absolute Gasteiger partial charge is 0.263 e. The number of amides is 1. The molecule has 0 aliphatic carbocycles. The molecule has 28 heavy (non-hydrogen) atoms. The standard InChI is InChI=1S/C21H20N4O3/c1-14-6-8-18(9-7-14)28-13-21(27)23-20-11-10-19(24-25-20)22-17-5-3-4-16(12-17)15(2)26/h3-12H,13H2,1-2H3,(H,22,24)(H,23,25,27). The van der Waals surface area contributed by atoms with Crippen LogP contribution in [0.2, 0.25) is 0 Å². The van der Waals surface area contributed by atoms with Gasteiger partial charge in [-0.05, 0) is 50.2 Å². The zero-order chi connectivity index (χ0) is 19.9. The van der Waals surface area contributed by atoms with Crippen molar-refractivity contribution < 1.29 is 14.3 Å². The first-order valence-electron chi connectivity index (χ1n) is 8.71. The number of ether oxygens (including phenoxy) is 1. The first-order chi connectivity index (χ1) is 13.5. The number of rotatable bonds is 7. The summed E-state index contributed by atoms with van der Waals surface area (Å²) in [5, 5.41) is 13.7. The van der Waals surface area contributed by atoms with E-state index in [0.29, 0.717) is 22.9 Å². The van der Waals surface area contributed by atoms with Gasteiger partial charge in [0.2, 0.25) is 0 Å². The Bertz CT molecular complexity index is 970. The summed E-state index contributed by atoms with van der Waals surface area (Å²) in [5.41, 5.74) is 2.45. The van der Waals surface area contributed by atoms with Gasteiger partial charge in [0.05, 0.1) is 0 Å². The Morgan fingerprint density at radius 1 is 0.964 bits per heavy atom. The molecule has 0 bridgehead atoms. The van der Waals surface area contributed by atoms with Crippen molar-refractivity contribution in [1.82, 2.24) is 10.2 Å². The molecule has 0 unspecified atom stereocenters. The predicted octanol–water partition coefficient (Wildman–Crippen LogP) is 3.75. The number of carbonyl (C=O) groups is 2. The second kappa shape index (κ2) is 8.77. The van der Waals surface area contributed by atoms with E-state index in [4.69, 9.17) is 4.74 Å². The SMILES string of the molecule is CC(=O)c1cccc(Nc2ccc(NC(=O)COc3ccc(C)cc3)nn2)c1. The lowest BCUT2D eigenvalue weighted by atomic mass is 10.1. The summed E-state index contributed by atoms with van der Waals surface area (Å²) in [7, 11) is 0. The van der Waals surface area contributed by atoms with E-state index in [9.17, 15) is 9.59 Å². The van der Waals surface area contributed by atoms with Gasteiger partial charge in [0.25, 0.3) is 5.91 Å². The summed E-state index contributed by atoms with van der Waals surface area (Å²) < 4.78 is 5.43. The number of anilines is 3. The number of aromatic nitrogens is 2. The summed E-state index contributed by atoms with van der Waals surface area (Å²) >= 11 is 0. The predicted molar refractivity (Wildman–Crippen MR) is 107 cm³/mol. The van der Waals surface area contributed by atoms with Crippen LogP contribution in [0.1, 0.15) is 22.8 Å². The highest BCUT2D eigenvalue weighted by Gasteiger charge is 2.06. The minimum atomic E-state index is -0.329. The van der Waals surface area contributed by atoms with Crippen molar-refractivity contribution in [3.8, 4) is 5.75 Å². The molecule has 1 amide bonds. The number of hydrogen-bond donors (Lipinski definition) is 2. The molecule has 3 rings (SSSR count). The van der Waals surface area contributed by atoms with Crippen LogP contribution in [0.4, 0.5) is 17.3 Å². The van der Waals surface area contributed by atoms with Gasteiger partial charge in [0, 0.05) is 11.3 Å². The quantitative estimate of drug-likeness (QED) is 0.610. The Labute approximate surface area is 162 Å². The van der Waals surface area contributed by atoms with Crippen LogP contribution in [0.3, 0.4) is 0 Å². The van der Waals surface area contributed by atoms with Gasteiger partial charge in [-0.25, -0.2) is 0 Å². The fourth-order valence-electron chi connectivity index (χ4n) is 2.39. The molecule has 2 aromatic carbocycles. The normalized spacial score (nSPS) is 10.2. The third kappa shape index (κ3) is 5.38. The molecular formula is C21H20N4O3. The van der Waals surface area contributed by atoms with Crippen LogP contribution < -0.4 is 15.4 Å². The van der Waals surface area contributed by atoms with Crippen LogP contribution >= 0.6 is 0 Å².